The third-order valence-corrected chi connectivity index (χ3v) is 5.77. The molecule has 0 bridgehead atoms. The van der Waals surface area contributed by atoms with E-state index in [1.807, 2.05) is 17.7 Å². The average molecular weight is 330 g/mol. The number of pyridine rings is 1. The lowest BCUT2D eigenvalue weighted by atomic mass is 10.1. The first-order valence-corrected chi connectivity index (χ1v) is 9.51. The quantitative estimate of drug-likeness (QED) is 0.856. The summed E-state index contributed by atoms with van der Waals surface area (Å²) in [5, 5.41) is 6.00. The molecule has 3 heterocycles. The Bertz CT molecular complexity index is 881. The lowest BCUT2D eigenvalue weighted by Crippen LogP contribution is -2.13. The highest BCUT2D eigenvalue weighted by atomic mass is 32.2. The van der Waals surface area contributed by atoms with Crippen LogP contribution in [0.1, 0.15) is 36.0 Å². The van der Waals surface area contributed by atoms with E-state index in [2.05, 4.69) is 10.1 Å². The number of hydrogen-bond acceptors (Lipinski definition) is 5. The van der Waals surface area contributed by atoms with Crippen LogP contribution in [0.4, 0.5) is 0 Å². The number of sulfone groups is 1. The molecule has 2 aromatic rings. The van der Waals surface area contributed by atoms with Gasteiger partial charge in [0.1, 0.15) is 5.82 Å². The highest BCUT2D eigenvalue weighted by Crippen LogP contribution is 2.38. The second-order valence-electron chi connectivity index (χ2n) is 6.36. The maximum atomic E-state index is 11.6. The number of aromatic nitrogens is 4. The van der Waals surface area contributed by atoms with Crippen molar-refractivity contribution in [1.82, 2.24) is 19.7 Å². The van der Waals surface area contributed by atoms with Gasteiger partial charge in [-0.25, -0.2) is 18.1 Å². The van der Waals surface area contributed by atoms with Crippen LogP contribution >= 0.6 is 0 Å². The fourth-order valence-electron chi connectivity index (χ4n) is 2.91. The van der Waals surface area contributed by atoms with Crippen molar-refractivity contribution in [3.63, 3.8) is 0 Å². The minimum Gasteiger partial charge on any atom is -0.264 e. The van der Waals surface area contributed by atoms with Crippen LogP contribution in [-0.4, -0.2) is 33.9 Å². The minimum atomic E-state index is -3.05. The van der Waals surface area contributed by atoms with E-state index in [1.165, 1.54) is 5.41 Å². The lowest BCUT2D eigenvalue weighted by Gasteiger charge is -2.10. The molecule has 4 rings (SSSR count). The van der Waals surface area contributed by atoms with Crippen LogP contribution in [0.25, 0.3) is 5.69 Å². The molecule has 6 nitrogen and oxygen atoms in total. The van der Waals surface area contributed by atoms with Gasteiger partial charge in [-0.2, -0.15) is 5.10 Å². The summed E-state index contributed by atoms with van der Waals surface area (Å²) in [5.74, 6) is 2.29. The SMILES string of the molecule is Cc1cnccc1-n1nc(C2CC2)nc1C[C@H]1C=CS(=O)(=O)C1. The van der Waals surface area contributed by atoms with Gasteiger partial charge in [-0.05, 0) is 37.3 Å². The minimum absolute atomic E-state index is 0.0304. The molecule has 1 aliphatic carbocycles. The van der Waals surface area contributed by atoms with Crippen molar-refractivity contribution in [2.24, 2.45) is 5.92 Å². The molecule has 1 saturated carbocycles. The molecule has 0 radical (unpaired) electrons. The van der Waals surface area contributed by atoms with Crippen molar-refractivity contribution in [1.29, 1.82) is 0 Å². The van der Waals surface area contributed by atoms with E-state index in [0.717, 1.165) is 35.7 Å². The normalized spacial score (nSPS) is 22.6. The Labute approximate surface area is 135 Å². The zero-order chi connectivity index (χ0) is 16.0. The van der Waals surface area contributed by atoms with Gasteiger partial charge in [0.15, 0.2) is 15.7 Å². The van der Waals surface area contributed by atoms with Gasteiger partial charge in [0, 0.05) is 30.1 Å². The van der Waals surface area contributed by atoms with Gasteiger partial charge >= 0.3 is 0 Å². The Hall–Kier alpha value is -2.02. The molecule has 2 aromatic heterocycles. The van der Waals surface area contributed by atoms with Gasteiger partial charge < -0.3 is 0 Å². The van der Waals surface area contributed by atoms with Crippen LogP contribution in [0.2, 0.25) is 0 Å². The van der Waals surface area contributed by atoms with Gasteiger partial charge in [0.05, 0.1) is 11.4 Å². The van der Waals surface area contributed by atoms with Crippen molar-refractivity contribution in [2.75, 3.05) is 5.75 Å². The summed E-state index contributed by atoms with van der Waals surface area (Å²) in [6.45, 7) is 1.99. The molecule has 0 saturated heterocycles. The molecule has 1 aliphatic heterocycles. The van der Waals surface area contributed by atoms with E-state index < -0.39 is 9.84 Å². The van der Waals surface area contributed by atoms with Crippen LogP contribution in [-0.2, 0) is 16.3 Å². The van der Waals surface area contributed by atoms with Crippen LogP contribution < -0.4 is 0 Å². The average Bonchev–Trinajstić information content (AvgIpc) is 3.19. The predicted octanol–water partition coefficient (Wildman–Crippen LogP) is 1.95. The summed E-state index contributed by atoms with van der Waals surface area (Å²) in [6.07, 6.45) is 8.16. The number of hydrogen-bond donors (Lipinski definition) is 0. The molecule has 120 valence electrons. The number of rotatable bonds is 4. The molecule has 0 unspecified atom stereocenters. The monoisotopic (exact) mass is 330 g/mol. The maximum absolute atomic E-state index is 11.6. The zero-order valence-corrected chi connectivity index (χ0v) is 13.7. The third-order valence-electron chi connectivity index (χ3n) is 4.30. The molecule has 1 atom stereocenters. The summed E-state index contributed by atoms with van der Waals surface area (Å²) < 4.78 is 25.1. The van der Waals surface area contributed by atoms with Gasteiger partial charge in [0.25, 0.3) is 0 Å². The molecule has 0 spiro atoms. The zero-order valence-electron chi connectivity index (χ0n) is 12.9. The van der Waals surface area contributed by atoms with Crippen LogP contribution in [0.5, 0.6) is 0 Å². The van der Waals surface area contributed by atoms with E-state index in [1.54, 1.807) is 18.5 Å². The second-order valence-corrected chi connectivity index (χ2v) is 8.29. The first-order valence-electron chi connectivity index (χ1n) is 7.79. The van der Waals surface area contributed by atoms with Gasteiger partial charge in [-0.3, -0.25) is 4.98 Å². The first-order chi connectivity index (χ1) is 11.0. The number of allylic oxidation sites excluding steroid dienone is 1. The summed E-state index contributed by atoms with van der Waals surface area (Å²) >= 11 is 0. The summed E-state index contributed by atoms with van der Waals surface area (Å²) in [4.78, 5) is 8.83. The molecule has 0 aromatic carbocycles. The third kappa shape index (κ3) is 2.93. The molecule has 2 aliphatic rings. The summed E-state index contributed by atoms with van der Waals surface area (Å²) in [6, 6.07) is 1.92. The largest absolute Gasteiger partial charge is 0.264 e. The predicted molar refractivity (Wildman–Crippen MR) is 86.0 cm³/mol. The smallest absolute Gasteiger partial charge is 0.171 e. The standard InChI is InChI=1S/C16H18N4O2S/c1-11-9-17-6-4-14(11)20-15(18-16(19-20)13-2-3-13)8-12-5-7-23(21,22)10-12/h4-7,9,12-13H,2-3,8,10H2,1H3/t12-/m1/s1. The van der Waals surface area contributed by atoms with E-state index in [9.17, 15) is 8.42 Å². The van der Waals surface area contributed by atoms with E-state index in [-0.39, 0.29) is 11.7 Å². The van der Waals surface area contributed by atoms with Crippen molar-refractivity contribution in [2.45, 2.75) is 32.1 Å². The lowest BCUT2D eigenvalue weighted by molar-refractivity contribution is 0.593. The van der Waals surface area contributed by atoms with Gasteiger partial charge in [0.2, 0.25) is 0 Å². The molecular formula is C16H18N4O2S. The maximum Gasteiger partial charge on any atom is 0.171 e. The van der Waals surface area contributed by atoms with Gasteiger partial charge in [-0.1, -0.05) is 6.08 Å². The van der Waals surface area contributed by atoms with Crippen molar-refractivity contribution >= 4 is 9.84 Å². The molecule has 0 amide bonds. The van der Waals surface area contributed by atoms with E-state index in [0.29, 0.717) is 12.3 Å². The van der Waals surface area contributed by atoms with Crippen LogP contribution in [0.3, 0.4) is 0 Å². The summed E-state index contributed by atoms with van der Waals surface area (Å²) in [7, 11) is -3.05. The topological polar surface area (TPSA) is 77.7 Å². The molecular weight excluding hydrogens is 312 g/mol. The van der Waals surface area contributed by atoms with Gasteiger partial charge in [-0.15, -0.1) is 0 Å². The fourth-order valence-corrected chi connectivity index (χ4v) is 4.31. The number of nitrogens with zero attached hydrogens (tertiary/aromatic N) is 4. The van der Waals surface area contributed by atoms with Crippen molar-refractivity contribution in [3.05, 3.63) is 47.2 Å². The molecule has 23 heavy (non-hydrogen) atoms. The summed E-state index contributed by atoms with van der Waals surface area (Å²) in [5.41, 5.74) is 1.98. The fraction of sp³-hybridized carbons (Fsp3) is 0.438. The van der Waals surface area contributed by atoms with Crippen LogP contribution in [0, 0.1) is 12.8 Å². The Morgan fingerprint density at radius 2 is 2.17 bits per heavy atom. The molecule has 0 N–H and O–H groups in total. The van der Waals surface area contributed by atoms with Crippen molar-refractivity contribution < 1.29 is 8.42 Å². The Kier molecular flexibility index (Phi) is 3.33. The highest BCUT2D eigenvalue weighted by Gasteiger charge is 2.31. The first kappa shape index (κ1) is 14.6. The van der Waals surface area contributed by atoms with Crippen LogP contribution in [0.15, 0.2) is 29.9 Å². The number of aryl methyl sites for hydroxylation is 1. The van der Waals surface area contributed by atoms with E-state index in [4.69, 9.17) is 4.98 Å². The molecule has 7 heteroatoms. The van der Waals surface area contributed by atoms with Crippen molar-refractivity contribution in [3.8, 4) is 5.69 Å². The Morgan fingerprint density at radius 3 is 2.83 bits per heavy atom. The molecule has 1 fully saturated rings. The van der Waals surface area contributed by atoms with E-state index >= 15 is 0 Å². The second kappa shape index (κ2) is 5.26. The highest BCUT2D eigenvalue weighted by molar-refractivity contribution is 7.94. The Morgan fingerprint density at radius 1 is 1.35 bits per heavy atom. The Balaban J connectivity index is 1.71.